The number of hydroxylamine groups is 2. The van der Waals surface area contributed by atoms with Crippen LogP contribution in [0.3, 0.4) is 0 Å². The Morgan fingerprint density at radius 2 is 1.88 bits per heavy atom. The van der Waals surface area contributed by atoms with Gasteiger partial charge in [-0.25, -0.2) is 0 Å². The molecule has 2 aromatic carbocycles. The molecule has 2 aromatic rings. The molecule has 3 aliphatic carbocycles. The number of aliphatic hydroxyl groups is 2. The van der Waals surface area contributed by atoms with Crippen LogP contribution in [-0.4, -0.2) is 96.7 Å². The van der Waals surface area contributed by atoms with E-state index >= 15 is 0 Å². The number of rotatable bonds is 14. The number of amides is 2. The lowest BCUT2D eigenvalue weighted by Gasteiger charge is -2.62. The van der Waals surface area contributed by atoms with Crippen LogP contribution in [-0.2, 0) is 16.2 Å². The topological polar surface area (TPSA) is 124 Å². The molecule has 2 bridgehead atoms. The molecule has 4 fully saturated rings. The summed E-state index contributed by atoms with van der Waals surface area (Å²) in [6, 6.07) is 10.7. The highest BCUT2D eigenvalue weighted by Gasteiger charge is 2.57. The first-order chi connectivity index (χ1) is 24.0. The van der Waals surface area contributed by atoms with Crippen molar-refractivity contribution in [2.24, 2.45) is 35.0 Å². The summed E-state index contributed by atoms with van der Waals surface area (Å²) in [5, 5.41) is 29.4. The largest absolute Gasteiger partial charge is 0.496 e. The van der Waals surface area contributed by atoms with Crippen molar-refractivity contribution in [3.8, 4) is 16.9 Å². The number of hydrogen-bond acceptors (Lipinski definition) is 8. The second kappa shape index (κ2) is 16.2. The molecule has 9 atom stereocenters. The molecule has 4 aliphatic rings. The van der Waals surface area contributed by atoms with E-state index in [0.29, 0.717) is 35.0 Å². The summed E-state index contributed by atoms with van der Waals surface area (Å²) in [4.78, 5) is 36.1. The quantitative estimate of drug-likeness (QED) is 0.199. The van der Waals surface area contributed by atoms with E-state index < -0.39 is 24.2 Å². The van der Waals surface area contributed by atoms with Crippen LogP contribution in [0, 0.1) is 35.0 Å². The van der Waals surface area contributed by atoms with Crippen LogP contribution in [0.2, 0.25) is 0 Å². The van der Waals surface area contributed by atoms with Crippen LogP contribution in [0.5, 0.6) is 5.75 Å². The molecular weight excluding hydrogens is 712 g/mol. The molecule has 2 amide bonds. The Balaban J connectivity index is 1.41. The number of fused-ring (bicyclic) bond motifs is 2. The number of carbonyl (C=O) groups excluding carboxylic acids is 2. The highest BCUT2D eigenvalue weighted by atomic mass is 79.9. The van der Waals surface area contributed by atoms with Gasteiger partial charge in [-0.1, -0.05) is 68.7 Å². The number of benzene rings is 2. The average Bonchev–Trinajstić information content (AvgIpc) is 3.43. The highest BCUT2D eigenvalue weighted by molar-refractivity contribution is 9.10. The fourth-order valence-electron chi connectivity index (χ4n) is 9.16. The predicted molar refractivity (Wildman–Crippen MR) is 203 cm³/mol. The minimum atomic E-state index is -0.892. The van der Waals surface area contributed by atoms with Gasteiger partial charge in [-0.2, -0.15) is 5.06 Å². The van der Waals surface area contributed by atoms with Crippen LogP contribution in [0.15, 0.2) is 40.9 Å². The first-order valence-electron chi connectivity index (χ1n) is 18.5. The van der Waals surface area contributed by atoms with Gasteiger partial charge in [0, 0.05) is 45.7 Å². The summed E-state index contributed by atoms with van der Waals surface area (Å²) >= 11 is 3.63. The third-order valence-electron chi connectivity index (χ3n) is 11.8. The lowest BCUT2D eigenvalue weighted by Crippen LogP contribution is -2.62. The molecule has 10 nitrogen and oxygen atoms in total. The summed E-state index contributed by atoms with van der Waals surface area (Å²) in [5.41, 5.74) is 3.15. The molecule has 6 rings (SSSR count). The van der Waals surface area contributed by atoms with Crippen molar-refractivity contribution in [3.63, 3.8) is 0 Å². The number of hydrogen-bond donors (Lipinski definition) is 4. The summed E-state index contributed by atoms with van der Waals surface area (Å²) < 4.78 is 6.78. The molecule has 3 saturated carbocycles. The molecule has 1 saturated heterocycles. The Labute approximate surface area is 312 Å². The zero-order valence-electron chi connectivity index (χ0n) is 31.8. The molecule has 1 aliphatic heterocycles. The third kappa shape index (κ3) is 8.49. The second-order valence-electron chi connectivity index (χ2n) is 16.5. The first kappa shape index (κ1) is 39.7. The van der Waals surface area contributed by atoms with Crippen LogP contribution in [0.25, 0.3) is 11.1 Å². The Kier molecular flexibility index (Phi) is 12.6. The van der Waals surface area contributed by atoms with Gasteiger partial charge in [0.05, 0.1) is 26.4 Å². The van der Waals surface area contributed by atoms with Gasteiger partial charge >= 0.3 is 0 Å². The maximum absolute atomic E-state index is 14.2. The summed E-state index contributed by atoms with van der Waals surface area (Å²) in [6.07, 6.45) is 1.37. The summed E-state index contributed by atoms with van der Waals surface area (Å²) in [5.74, 6) is 1.52. The van der Waals surface area contributed by atoms with Gasteiger partial charge in [0.2, 0.25) is 5.91 Å². The van der Waals surface area contributed by atoms with Crippen molar-refractivity contribution in [2.45, 2.75) is 97.7 Å². The Hall–Kier alpha value is -2.54. The van der Waals surface area contributed by atoms with Crippen molar-refractivity contribution < 1.29 is 29.4 Å². The molecule has 1 heterocycles. The van der Waals surface area contributed by atoms with Crippen molar-refractivity contribution in [2.75, 3.05) is 34.4 Å². The standard InChI is InChI=1S/C40H59BrN4O6/c1-22(2)13-30(20-44(7)8)42-38(48)27-14-26(15-29(41)16-27)31-12-10-11-25(37(31)50-9)19-45-36(35(24(4)47)34(21-46)51-45)39(49)43-33-18-28-17-32(23(33)3)40(28,5)6/h10-12,14-16,22-24,28,30,32-36,46-47H,13,17-21H2,1-9H3,(H,42,48)(H,43,49)/t23-,24-,28+,30-,32-,33?,34-,35+,36-/m0/s1. The number of nitrogens with one attached hydrogen (secondary N) is 2. The zero-order valence-corrected chi connectivity index (χ0v) is 33.4. The molecule has 1 unspecified atom stereocenters. The van der Waals surface area contributed by atoms with Gasteiger partial charge in [0.25, 0.3) is 5.91 Å². The van der Waals surface area contributed by atoms with E-state index in [0.717, 1.165) is 40.5 Å². The smallest absolute Gasteiger partial charge is 0.251 e. The number of ether oxygens (including phenoxy) is 1. The summed E-state index contributed by atoms with van der Waals surface area (Å²) in [7, 11) is 5.62. The number of halogens is 1. The Morgan fingerprint density at radius 3 is 2.47 bits per heavy atom. The molecule has 11 heteroatoms. The normalized spacial score (nSPS) is 28.3. The molecule has 0 radical (unpaired) electrons. The third-order valence-corrected chi connectivity index (χ3v) is 12.3. The van der Waals surface area contributed by atoms with Crippen LogP contribution >= 0.6 is 15.9 Å². The van der Waals surface area contributed by atoms with Crippen molar-refractivity contribution in [1.29, 1.82) is 0 Å². The van der Waals surface area contributed by atoms with E-state index in [4.69, 9.17) is 9.57 Å². The Bertz CT molecular complexity index is 1540. The van der Waals surface area contributed by atoms with Gasteiger partial charge in [0.1, 0.15) is 17.9 Å². The fraction of sp³-hybridized carbons (Fsp3) is 0.650. The van der Waals surface area contributed by atoms with E-state index in [1.54, 1.807) is 19.1 Å². The molecular formula is C40H59BrN4O6. The molecule has 282 valence electrons. The van der Waals surface area contributed by atoms with E-state index in [2.05, 4.69) is 66.1 Å². The zero-order chi connectivity index (χ0) is 37.4. The van der Waals surface area contributed by atoms with E-state index in [1.807, 2.05) is 50.5 Å². The van der Waals surface area contributed by atoms with Gasteiger partial charge < -0.3 is 30.5 Å². The second-order valence-corrected chi connectivity index (χ2v) is 17.4. The van der Waals surface area contributed by atoms with E-state index in [-0.39, 0.29) is 42.5 Å². The predicted octanol–water partition coefficient (Wildman–Crippen LogP) is 5.49. The first-order valence-corrected chi connectivity index (χ1v) is 19.3. The summed E-state index contributed by atoms with van der Waals surface area (Å²) in [6.45, 7) is 13.4. The lowest BCUT2D eigenvalue weighted by atomic mass is 9.45. The van der Waals surface area contributed by atoms with Gasteiger partial charge in [-0.3, -0.25) is 14.4 Å². The van der Waals surface area contributed by atoms with Crippen LogP contribution in [0.1, 0.15) is 76.7 Å². The number of aliphatic hydroxyl groups excluding tert-OH is 2. The van der Waals surface area contributed by atoms with E-state index in [9.17, 15) is 19.8 Å². The average molecular weight is 772 g/mol. The van der Waals surface area contributed by atoms with Crippen molar-refractivity contribution in [1.82, 2.24) is 20.6 Å². The number of methoxy groups -OCH3 is 1. The monoisotopic (exact) mass is 770 g/mol. The number of para-hydroxylation sites is 1. The van der Waals surface area contributed by atoms with Gasteiger partial charge in [-0.15, -0.1) is 0 Å². The van der Waals surface area contributed by atoms with Crippen LogP contribution < -0.4 is 15.4 Å². The minimum Gasteiger partial charge on any atom is -0.496 e. The Morgan fingerprint density at radius 1 is 1.16 bits per heavy atom. The highest BCUT2D eigenvalue weighted by Crippen LogP contribution is 2.61. The molecule has 0 aromatic heterocycles. The van der Waals surface area contributed by atoms with Gasteiger partial charge in [0.15, 0.2) is 0 Å². The van der Waals surface area contributed by atoms with Crippen LogP contribution in [0.4, 0.5) is 0 Å². The molecule has 51 heavy (non-hydrogen) atoms. The van der Waals surface area contributed by atoms with E-state index in [1.165, 1.54) is 6.42 Å². The lowest BCUT2D eigenvalue weighted by molar-refractivity contribution is -0.183. The maximum Gasteiger partial charge on any atom is 0.251 e. The minimum absolute atomic E-state index is 0.00507. The molecule has 0 spiro atoms. The number of carbonyl (C=O) groups is 2. The SMILES string of the molecule is COc1c(CN2O[C@@H](CO)[C@@H]([C@H](C)O)[C@H]2C(=O)NC2C[C@H]3C[C@@H]([C@@H]2C)C3(C)C)cccc1-c1cc(Br)cc(C(=O)N[C@@H](CC(C)C)CN(C)C)c1. The number of nitrogens with zero attached hydrogens (tertiary/aromatic N) is 2. The van der Waals surface area contributed by atoms with Crippen molar-refractivity contribution in [3.05, 3.63) is 52.0 Å². The number of likely N-dealkylation sites (N-methyl/N-ethyl adjacent to an activating group) is 1. The fourth-order valence-corrected chi connectivity index (χ4v) is 9.66. The van der Waals surface area contributed by atoms with Crippen molar-refractivity contribution >= 4 is 27.7 Å². The molecule has 4 N–H and O–H groups in total. The van der Waals surface area contributed by atoms with Gasteiger partial charge in [-0.05, 0) is 93.1 Å². The maximum atomic E-state index is 14.2.